The fourth-order valence-corrected chi connectivity index (χ4v) is 5.01. The second-order valence-corrected chi connectivity index (χ2v) is 9.17. The van der Waals surface area contributed by atoms with E-state index < -0.39 is 0 Å². The van der Waals surface area contributed by atoms with Crippen molar-refractivity contribution < 1.29 is 9.59 Å². The van der Waals surface area contributed by atoms with Gasteiger partial charge in [-0.15, -0.1) is 0 Å². The number of hydrogen-bond donors (Lipinski definition) is 0. The molecule has 4 rings (SSSR count). The molecule has 0 unspecified atom stereocenters. The fraction of sp³-hybridized carbons (Fsp3) is 0.481. The van der Waals surface area contributed by atoms with E-state index in [9.17, 15) is 9.59 Å². The first-order valence-corrected chi connectivity index (χ1v) is 12.0. The van der Waals surface area contributed by atoms with Gasteiger partial charge in [0, 0.05) is 51.1 Å². The average Bonchev–Trinajstić information content (AvgIpc) is 2.84. The number of piperazine rings is 1. The van der Waals surface area contributed by atoms with Gasteiger partial charge in [0.25, 0.3) is 0 Å². The number of hydrogen-bond acceptors (Lipinski definition) is 3. The highest BCUT2D eigenvalue weighted by atomic mass is 16.2. The summed E-state index contributed by atoms with van der Waals surface area (Å²) in [4.78, 5) is 32.2. The molecule has 0 radical (unpaired) electrons. The Labute approximate surface area is 192 Å². The maximum Gasteiger partial charge on any atom is 0.236 e. The second-order valence-electron chi connectivity index (χ2n) is 9.17. The van der Waals surface area contributed by atoms with Gasteiger partial charge in [-0.2, -0.15) is 0 Å². The Morgan fingerprint density at radius 2 is 1.41 bits per heavy atom. The molecule has 2 aliphatic heterocycles. The van der Waals surface area contributed by atoms with E-state index in [0.29, 0.717) is 32.1 Å². The number of nitrogens with zero attached hydrogens (tertiary/aromatic N) is 3. The zero-order valence-electron chi connectivity index (χ0n) is 19.2. The lowest BCUT2D eigenvalue weighted by Crippen LogP contribution is -2.53. The van der Waals surface area contributed by atoms with Crippen molar-refractivity contribution in [3.05, 3.63) is 71.8 Å². The van der Waals surface area contributed by atoms with Crippen LogP contribution in [-0.4, -0.2) is 71.8 Å². The predicted molar refractivity (Wildman–Crippen MR) is 127 cm³/mol. The molecule has 0 aliphatic carbocycles. The minimum atomic E-state index is 0.0603. The topological polar surface area (TPSA) is 43.9 Å². The summed E-state index contributed by atoms with van der Waals surface area (Å²) in [7, 11) is 0. The Morgan fingerprint density at radius 1 is 0.812 bits per heavy atom. The normalized spacial score (nSPS) is 19.9. The van der Waals surface area contributed by atoms with E-state index in [-0.39, 0.29) is 17.7 Å². The predicted octanol–water partition coefficient (Wildman–Crippen LogP) is 3.75. The Bertz CT molecular complexity index is 839. The molecule has 0 bridgehead atoms. The molecule has 5 heteroatoms. The highest BCUT2D eigenvalue weighted by Gasteiger charge is 2.28. The van der Waals surface area contributed by atoms with Gasteiger partial charge in [0.1, 0.15) is 0 Å². The molecule has 2 saturated heterocycles. The van der Waals surface area contributed by atoms with Crippen LogP contribution in [0.15, 0.2) is 60.7 Å². The molecule has 170 valence electrons. The van der Waals surface area contributed by atoms with E-state index >= 15 is 0 Å². The van der Waals surface area contributed by atoms with E-state index in [1.807, 2.05) is 46.2 Å². The minimum absolute atomic E-state index is 0.0603. The smallest absolute Gasteiger partial charge is 0.236 e. The molecule has 32 heavy (non-hydrogen) atoms. The van der Waals surface area contributed by atoms with Gasteiger partial charge in [-0.25, -0.2) is 0 Å². The summed E-state index contributed by atoms with van der Waals surface area (Å²) < 4.78 is 0. The maximum atomic E-state index is 13.2. The summed E-state index contributed by atoms with van der Waals surface area (Å²) in [5.41, 5.74) is 2.35. The van der Waals surface area contributed by atoms with Crippen LogP contribution in [0.5, 0.6) is 0 Å². The highest BCUT2D eigenvalue weighted by molar-refractivity contribution is 5.79. The van der Waals surface area contributed by atoms with E-state index in [1.165, 1.54) is 17.5 Å². The molecule has 0 N–H and O–H groups in total. The third-order valence-corrected chi connectivity index (χ3v) is 6.99. The number of piperidine rings is 1. The SMILES string of the molecule is C[C@@H]1CCCCN1C(=O)CN1CCN(C(=O)CC(c2ccccc2)c2ccccc2)CC1. The number of benzene rings is 2. The van der Waals surface area contributed by atoms with Crippen molar-refractivity contribution >= 4 is 11.8 Å². The third kappa shape index (κ3) is 5.57. The molecule has 0 saturated carbocycles. The largest absolute Gasteiger partial charge is 0.340 e. The molecular weight excluding hydrogens is 398 g/mol. The minimum Gasteiger partial charge on any atom is -0.340 e. The van der Waals surface area contributed by atoms with Crippen LogP contribution < -0.4 is 0 Å². The average molecular weight is 434 g/mol. The van der Waals surface area contributed by atoms with E-state index in [4.69, 9.17) is 0 Å². The summed E-state index contributed by atoms with van der Waals surface area (Å²) in [5.74, 6) is 0.494. The van der Waals surface area contributed by atoms with Gasteiger partial charge in [-0.05, 0) is 37.3 Å². The van der Waals surface area contributed by atoms with E-state index in [0.717, 1.165) is 32.5 Å². The molecule has 2 heterocycles. The van der Waals surface area contributed by atoms with Crippen LogP contribution in [-0.2, 0) is 9.59 Å². The number of carbonyl (C=O) groups is 2. The lowest BCUT2D eigenvalue weighted by molar-refractivity contribution is -0.137. The molecule has 2 fully saturated rings. The van der Waals surface area contributed by atoms with Crippen LogP contribution in [0.1, 0.15) is 49.7 Å². The Balaban J connectivity index is 1.33. The van der Waals surface area contributed by atoms with Gasteiger partial charge in [0.05, 0.1) is 6.54 Å². The van der Waals surface area contributed by atoms with Crippen molar-refractivity contribution in [1.29, 1.82) is 0 Å². The van der Waals surface area contributed by atoms with Crippen LogP contribution in [0.25, 0.3) is 0 Å². The molecule has 2 aromatic carbocycles. The van der Waals surface area contributed by atoms with Crippen molar-refractivity contribution in [3.63, 3.8) is 0 Å². The Kier molecular flexibility index (Phi) is 7.59. The summed E-state index contributed by atoms with van der Waals surface area (Å²) in [6, 6.07) is 21.0. The van der Waals surface area contributed by atoms with Gasteiger partial charge in [-0.1, -0.05) is 60.7 Å². The third-order valence-electron chi connectivity index (χ3n) is 6.99. The van der Waals surface area contributed by atoms with Crippen molar-refractivity contribution in [2.45, 2.75) is 44.6 Å². The van der Waals surface area contributed by atoms with Crippen molar-refractivity contribution in [2.24, 2.45) is 0 Å². The molecule has 2 aromatic rings. The number of carbonyl (C=O) groups excluding carboxylic acids is 2. The van der Waals surface area contributed by atoms with Gasteiger partial charge < -0.3 is 9.80 Å². The molecular formula is C27H35N3O2. The first-order valence-electron chi connectivity index (χ1n) is 12.0. The molecule has 2 aliphatic rings. The summed E-state index contributed by atoms with van der Waals surface area (Å²) in [6.45, 7) is 6.43. The van der Waals surface area contributed by atoms with Crippen molar-refractivity contribution in [2.75, 3.05) is 39.3 Å². The lowest BCUT2D eigenvalue weighted by Gasteiger charge is -2.38. The zero-order chi connectivity index (χ0) is 22.3. The quantitative estimate of drug-likeness (QED) is 0.697. The second kappa shape index (κ2) is 10.8. The highest BCUT2D eigenvalue weighted by Crippen LogP contribution is 2.28. The molecule has 0 aromatic heterocycles. The van der Waals surface area contributed by atoms with E-state index in [1.54, 1.807) is 0 Å². The summed E-state index contributed by atoms with van der Waals surface area (Å²) in [6.07, 6.45) is 3.91. The van der Waals surface area contributed by atoms with Crippen LogP contribution in [0.4, 0.5) is 0 Å². The summed E-state index contributed by atoms with van der Waals surface area (Å²) >= 11 is 0. The Morgan fingerprint density at radius 3 is 1.97 bits per heavy atom. The zero-order valence-corrected chi connectivity index (χ0v) is 19.2. The molecule has 5 nitrogen and oxygen atoms in total. The van der Waals surface area contributed by atoms with Gasteiger partial charge in [0.2, 0.25) is 11.8 Å². The van der Waals surface area contributed by atoms with Gasteiger partial charge in [-0.3, -0.25) is 14.5 Å². The van der Waals surface area contributed by atoms with Gasteiger partial charge >= 0.3 is 0 Å². The van der Waals surface area contributed by atoms with Crippen LogP contribution in [0.2, 0.25) is 0 Å². The van der Waals surface area contributed by atoms with Crippen molar-refractivity contribution in [1.82, 2.24) is 14.7 Å². The number of likely N-dealkylation sites (tertiary alicyclic amines) is 1. The fourth-order valence-electron chi connectivity index (χ4n) is 5.01. The first kappa shape index (κ1) is 22.5. The van der Waals surface area contributed by atoms with Crippen molar-refractivity contribution in [3.8, 4) is 0 Å². The lowest BCUT2D eigenvalue weighted by atomic mass is 9.88. The standard InChI is InChI=1S/C27H35N3O2/c1-22-10-8-9-15-30(22)27(32)21-28-16-18-29(19-17-28)26(31)20-25(23-11-4-2-5-12-23)24-13-6-3-7-14-24/h2-7,11-14,22,25H,8-10,15-21H2,1H3/t22-/m1/s1. The van der Waals surface area contributed by atoms with Crippen LogP contribution in [0.3, 0.4) is 0 Å². The molecule has 1 atom stereocenters. The van der Waals surface area contributed by atoms with Gasteiger partial charge in [0.15, 0.2) is 0 Å². The molecule has 0 spiro atoms. The first-order chi connectivity index (χ1) is 15.6. The summed E-state index contributed by atoms with van der Waals surface area (Å²) in [5, 5.41) is 0. The monoisotopic (exact) mass is 433 g/mol. The maximum absolute atomic E-state index is 13.2. The molecule has 2 amide bonds. The number of rotatable bonds is 6. The number of amides is 2. The van der Waals surface area contributed by atoms with Crippen LogP contribution in [0, 0.1) is 0 Å². The Hall–Kier alpha value is -2.66. The van der Waals surface area contributed by atoms with Crippen LogP contribution >= 0.6 is 0 Å². The van der Waals surface area contributed by atoms with E-state index in [2.05, 4.69) is 36.1 Å².